The lowest BCUT2D eigenvalue weighted by molar-refractivity contribution is 0.403. The van der Waals surface area contributed by atoms with Gasteiger partial charge in [-0.25, -0.2) is 4.83 Å². The average Bonchev–Trinajstić information content (AvgIpc) is 2.44. The molecule has 0 atom stereocenters. The fourth-order valence-corrected chi connectivity index (χ4v) is 2.26. The van der Waals surface area contributed by atoms with Crippen molar-refractivity contribution < 1.29 is 18.6 Å². The topological polar surface area (TPSA) is 99.0 Å². The molecule has 2 aromatic rings. The molecule has 0 aliphatic rings. The molecule has 0 aromatic heterocycles. The van der Waals surface area contributed by atoms with Crippen LogP contribution in [0.15, 0.2) is 58.5 Å². The highest BCUT2D eigenvalue weighted by Crippen LogP contribution is 2.23. The summed E-state index contributed by atoms with van der Waals surface area (Å²) in [6, 6.07) is 11.8. The number of nitrogens with zero attached hydrogens (tertiary/aromatic N) is 1. The zero-order chi connectivity index (χ0) is 14.6. The number of hydrogen-bond donors (Lipinski definition) is 3. The molecule has 0 amide bonds. The van der Waals surface area contributed by atoms with Gasteiger partial charge in [0, 0.05) is 0 Å². The quantitative estimate of drug-likeness (QED) is 0.451. The first-order chi connectivity index (χ1) is 9.49. The van der Waals surface area contributed by atoms with Crippen molar-refractivity contribution in [2.45, 2.75) is 4.90 Å². The number of nitrogens with one attached hydrogen (secondary N) is 1. The number of benzene rings is 2. The van der Waals surface area contributed by atoms with E-state index in [1.165, 1.54) is 36.5 Å². The molecule has 7 heteroatoms. The molecule has 0 aliphatic carbocycles. The van der Waals surface area contributed by atoms with Crippen molar-refractivity contribution in [3.05, 3.63) is 54.1 Å². The van der Waals surface area contributed by atoms with Crippen LogP contribution in [-0.2, 0) is 10.0 Å². The standard InChI is InChI=1S/C13H12N2O4S/c16-12-7-6-10(8-13(12)17)9-14-15-20(18,19)11-4-2-1-3-5-11/h1-9,15-17H/b14-9+. The van der Waals surface area contributed by atoms with Gasteiger partial charge in [-0.1, -0.05) is 18.2 Å². The highest BCUT2D eigenvalue weighted by atomic mass is 32.2. The highest BCUT2D eigenvalue weighted by molar-refractivity contribution is 7.89. The van der Waals surface area contributed by atoms with Crippen LogP contribution in [0.4, 0.5) is 0 Å². The van der Waals surface area contributed by atoms with E-state index < -0.39 is 10.0 Å². The molecule has 0 unspecified atom stereocenters. The third-order valence-corrected chi connectivity index (χ3v) is 3.68. The summed E-state index contributed by atoms with van der Waals surface area (Å²) in [6.07, 6.45) is 1.22. The summed E-state index contributed by atoms with van der Waals surface area (Å²) in [5, 5.41) is 22.0. The summed E-state index contributed by atoms with van der Waals surface area (Å²) in [6.45, 7) is 0. The number of phenols is 2. The Morgan fingerprint density at radius 3 is 2.35 bits per heavy atom. The van der Waals surface area contributed by atoms with Gasteiger partial charge in [-0.15, -0.1) is 0 Å². The van der Waals surface area contributed by atoms with Crippen LogP contribution in [0.5, 0.6) is 11.5 Å². The van der Waals surface area contributed by atoms with E-state index in [1.807, 2.05) is 0 Å². The molecule has 3 N–H and O–H groups in total. The van der Waals surface area contributed by atoms with Crippen LogP contribution in [0.25, 0.3) is 0 Å². The van der Waals surface area contributed by atoms with Gasteiger partial charge in [0.15, 0.2) is 11.5 Å². The van der Waals surface area contributed by atoms with Crippen molar-refractivity contribution in [1.82, 2.24) is 4.83 Å². The van der Waals surface area contributed by atoms with Crippen LogP contribution < -0.4 is 4.83 Å². The molecule has 0 fully saturated rings. The maximum absolute atomic E-state index is 11.8. The lowest BCUT2D eigenvalue weighted by atomic mass is 10.2. The molecule has 0 saturated carbocycles. The first-order valence-electron chi connectivity index (χ1n) is 5.61. The molecule has 6 nitrogen and oxygen atoms in total. The van der Waals surface area contributed by atoms with Crippen LogP contribution in [0, 0.1) is 0 Å². The van der Waals surface area contributed by atoms with Crippen molar-refractivity contribution in [3.63, 3.8) is 0 Å². The Bertz CT molecular complexity index is 727. The molecular formula is C13H12N2O4S. The second-order valence-corrected chi connectivity index (χ2v) is 5.57. The second-order valence-electron chi connectivity index (χ2n) is 3.91. The molecule has 0 radical (unpaired) electrons. The van der Waals surface area contributed by atoms with Crippen LogP contribution >= 0.6 is 0 Å². The molecule has 0 spiro atoms. The minimum Gasteiger partial charge on any atom is -0.504 e. The SMILES string of the molecule is O=S(=O)(N/N=C/c1ccc(O)c(O)c1)c1ccccc1. The largest absolute Gasteiger partial charge is 0.504 e. The first-order valence-corrected chi connectivity index (χ1v) is 7.09. The lowest BCUT2D eigenvalue weighted by Crippen LogP contribution is -2.18. The minimum atomic E-state index is -3.71. The van der Waals surface area contributed by atoms with Crippen molar-refractivity contribution in [2.75, 3.05) is 0 Å². The van der Waals surface area contributed by atoms with Gasteiger partial charge >= 0.3 is 0 Å². The normalized spacial score (nSPS) is 11.6. The van der Waals surface area contributed by atoms with Gasteiger partial charge < -0.3 is 10.2 Å². The van der Waals surface area contributed by atoms with Crippen LogP contribution in [0.2, 0.25) is 0 Å². The van der Waals surface area contributed by atoms with Gasteiger partial charge in [0.2, 0.25) is 0 Å². The summed E-state index contributed by atoms with van der Waals surface area (Å²) in [7, 11) is -3.71. The Morgan fingerprint density at radius 2 is 1.70 bits per heavy atom. The Labute approximate surface area is 116 Å². The maximum atomic E-state index is 11.8. The van der Waals surface area contributed by atoms with Crippen molar-refractivity contribution in [3.8, 4) is 11.5 Å². The predicted octanol–water partition coefficient (Wildman–Crippen LogP) is 1.41. The number of aromatic hydroxyl groups is 2. The predicted molar refractivity (Wildman–Crippen MR) is 74.1 cm³/mol. The van der Waals surface area contributed by atoms with Crippen LogP contribution in [0.3, 0.4) is 0 Å². The molecule has 2 aromatic carbocycles. The Kier molecular flexibility index (Phi) is 3.90. The third-order valence-electron chi connectivity index (χ3n) is 2.44. The summed E-state index contributed by atoms with van der Waals surface area (Å²) in [4.78, 5) is 2.16. The van der Waals surface area contributed by atoms with E-state index in [2.05, 4.69) is 9.93 Å². The van der Waals surface area contributed by atoms with E-state index in [0.29, 0.717) is 5.56 Å². The smallest absolute Gasteiger partial charge is 0.276 e. The Hall–Kier alpha value is -2.54. The Balaban J connectivity index is 2.12. The molecule has 104 valence electrons. The monoisotopic (exact) mass is 292 g/mol. The molecular weight excluding hydrogens is 280 g/mol. The van der Waals surface area contributed by atoms with E-state index in [0.717, 1.165) is 0 Å². The van der Waals surface area contributed by atoms with Gasteiger partial charge in [-0.3, -0.25) is 0 Å². The molecule has 0 saturated heterocycles. The van der Waals surface area contributed by atoms with E-state index in [1.54, 1.807) is 18.2 Å². The van der Waals surface area contributed by atoms with Crippen LogP contribution in [0.1, 0.15) is 5.56 Å². The number of hydrazone groups is 1. The zero-order valence-electron chi connectivity index (χ0n) is 10.3. The highest BCUT2D eigenvalue weighted by Gasteiger charge is 2.10. The van der Waals surface area contributed by atoms with Crippen LogP contribution in [-0.4, -0.2) is 24.8 Å². The fraction of sp³-hybridized carbons (Fsp3) is 0. The molecule has 0 bridgehead atoms. The van der Waals surface area contributed by atoms with E-state index in [9.17, 15) is 13.5 Å². The molecule has 0 aliphatic heterocycles. The zero-order valence-corrected chi connectivity index (χ0v) is 11.1. The summed E-state index contributed by atoms with van der Waals surface area (Å²) < 4.78 is 23.7. The van der Waals surface area contributed by atoms with E-state index in [-0.39, 0.29) is 16.4 Å². The van der Waals surface area contributed by atoms with Gasteiger partial charge in [0.25, 0.3) is 10.0 Å². The van der Waals surface area contributed by atoms with Crippen molar-refractivity contribution in [1.29, 1.82) is 0 Å². The van der Waals surface area contributed by atoms with E-state index >= 15 is 0 Å². The summed E-state index contributed by atoms with van der Waals surface area (Å²) in [5.41, 5.74) is 0.441. The fourth-order valence-electron chi connectivity index (χ4n) is 1.44. The van der Waals surface area contributed by atoms with Gasteiger partial charge in [-0.2, -0.15) is 13.5 Å². The molecule has 0 heterocycles. The number of sulfonamides is 1. The maximum Gasteiger partial charge on any atom is 0.276 e. The van der Waals surface area contributed by atoms with Gasteiger partial charge in [-0.05, 0) is 35.9 Å². The lowest BCUT2D eigenvalue weighted by Gasteiger charge is -2.02. The number of hydrogen-bond acceptors (Lipinski definition) is 5. The third kappa shape index (κ3) is 3.27. The minimum absolute atomic E-state index is 0.103. The van der Waals surface area contributed by atoms with Crippen molar-refractivity contribution >= 4 is 16.2 Å². The van der Waals surface area contributed by atoms with E-state index in [4.69, 9.17) is 5.11 Å². The molecule has 2 rings (SSSR count). The second kappa shape index (κ2) is 5.62. The summed E-state index contributed by atoms with van der Waals surface area (Å²) in [5.74, 6) is -0.563. The van der Waals surface area contributed by atoms with Gasteiger partial charge in [0.05, 0.1) is 11.1 Å². The van der Waals surface area contributed by atoms with Gasteiger partial charge in [0.1, 0.15) is 0 Å². The average molecular weight is 292 g/mol. The molecule has 20 heavy (non-hydrogen) atoms. The summed E-state index contributed by atoms with van der Waals surface area (Å²) >= 11 is 0. The first kappa shape index (κ1) is 13.9. The Morgan fingerprint density at radius 1 is 1.00 bits per heavy atom. The number of phenolic OH excluding ortho intramolecular Hbond substituents is 2. The number of rotatable bonds is 4. The van der Waals surface area contributed by atoms with Crippen molar-refractivity contribution in [2.24, 2.45) is 5.10 Å².